The number of nitriles is 1. The van der Waals surface area contributed by atoms with Crippen molar-refractivity contribution in [2.75, 3.05) is 13.7 Å². The van der Waals surface area contributed by atoms with Crippen molar-refractivity contribution >= 4 is 35.0 Å². The van der Waals surface area contributed by atoms with E-state index in [2.05, 4.69) is 6.07 Å². The summed E-state index contributed by atoms with van der Waals surface area (Å²) in [7, 11) is 1.57. The molecule has 0 fully saturated rings. The average molecular weight is 628 g/mol. The number of rotatable bonds is 10. The lowest BCUT2D eigenvalue weighted by Gasteiger charge is -2.26. The van der Waals surface area contributed by atoms with Crippen molar-refractivity contribution in [2.45, 2.75) is 39.3 Å². The van der Waals surface area contributed by atoms with Crippen LogP contribution in [0, 0.1) is 11.3 Å². The highest BCUT2D eigenvalue weighted by Gasteiger charge is 2.34. The monoisotopic (exact) mass is 627 g/mol. The molecular formula is C34H30ClN3O5S. The predicted molar refractivity (Wildman–Crippen MR) is 170 cm³/mol. The van der Waals surface area contributed by atoms with E-state index in [1.165, 1.54) is 11.3 Å². The minimum absolute atomic E-state index is 0.191. The van der Waals surface area contributed by atoms with E-state index in [4.69, 9.17) is 36.1 Å². The van der Waals surface area contributed by atoms with E-state index in [1.807, 2.05) is 43.3 Å². The number of nitrogens with zero attached hydrogens (tertiary/aromatic N) is 3. The Hall–Kier alpha value is -4.65. The number of benzene rings is 3. The van der Waals surface area contributed by atoms with E-state index >= 15 is 0 Å². The number of carbonyl (C=O) groups is 1. The van der Waals surface area contributed by atoms with Crippen LogP contribution in [0.2, 0.25) is 5.02 Å². The second-order valence-electron chi connectivity index (χ2n) is 9.97. The quantitative estimate of drug-likeness (QED) is 0.209. The van der Waals surface area contributed by atoms with Crippen LogP contribution in [0.15, 0.2) is 87.8 Å². The zero-order chi connectivity index (χ0) is 31.2. The molecule has 44 heavy (non-hydrogen) atoms. The Bertz CT molecular complexity index is 1950. The molecule has 0 radical (unpaired) electrons. The van der Waals surface area contributed by atoms with Gasteiger partial charge in [-0.25, -0.2) is 9.79 Å². The van der Waals surface area contributed by atoms with E-state index < -0.39 is 12.0 Å². The number of ether oxygens (including phenoxy) is 3. The van der Waals surface area contributed by atoms with Crippen molar-refractivity contribution in [2.24, 2.45) is 4.99 Å². The standard InChI is InChI=1S/C34H30ClN3O5S/c1-4-7-27-30(33(40)42-5-2)31(23-8-6-9-26(17-23)41-3)38-32(39)29(44-34(38)37-27)18-24-16-25(35)14-15-28(24)43-20-22-12-10-21(19-36)11-13-22/h6,8-18,31H,4-5,7,20H2,1-3H3/b29-18-/t31-/m0/s1. The van der Waals surface area contributed by atoms with Gasteiger partial charge in [0, 0.05) is 10.6 Å². The Kier molecular flexibility index (Phi) is 9.63. The third-order valence-corrected chi connectivity index (χ3v) is 8.26. The zero-order valence-corrected chi connectivity index (χ0v) is 26.1. The van der Waals surface area contributed by atoms with Crippen molar-refractivity contribution in [3.8, 4) is 17.6 Å². The molecule has 0 N–H and O–H groups in total. The van der Waals surface area contributed by atoms with E-state index in [0.29, 0.717) is 60.2 Å². The maximum Gasteiger partial charge on any atom is 0.338 e. The molecule has 1 aliphatic heterocycles. The maximum atomic E-state index is 14.2. The molecular weight excluding hydrogens is 598 g/mol. The average Bonchev–Trinajstić information content (AvgIpc) is 3.34. The van der Waals surface area contributed by atoms with Gasteiger partial charge >= 0.3 is 5.97 Å². The molecule has 5 rings (SSSR count). The smallest absolute Gasteiger partial charge is 0.338 e. The molecule has 1 atom stereocenters. The highest BCUT2D eigenvalue weighted by Crippen LogP contribution is 2.34. The second kappa shape index (κ2) is 13.8. The van der Waals surface area contributed by atoms with Gasteiger partial charge < -0.3 is 14.2 Å². The number of hydrogen-bond donors (Lipinski definition) is 0. The van der Waals surface area contributed by atoms with E-state index in [-0.39, 0.29) is 18.8 Å². The molecule has 0 aliphatic carbocycles. The van der Waals surface area contributed by atoms with Crippen LogP contribution in [-0.2, 0) is 16.1 Å². The number of methoxy groups -OCH3 is 1. The van der Waals surface area contributed by atoms with Crippen molar-refractivity contribution in [3.63, 3.8) is 0 Å². The minimum atomic E-state index is -0.754. The molecule has 3 aromatic carbocycles. The van der Waals surface area contributed by atoms with Gasteiger partial charge in [0.2, 0.25) is 0 Å². The van der Waals surface area contributed by atoms with E-state index in [0.717, 1.165) is 12.0 Å². The first kappa shape index (κ1) is 30.8. The molecule has 1 aromatic heterocycles. The summed E-state index contributed by atoms with van der Waals surface area (Å²) in [6.07, 6.45) is 3.03. The van der Waals surface area contributed by atoms with Gasteiger partial charge in [0.15, 0.2) is 4.80 Å². The van der Waals surface area contributed by atoms with Crippen LogP contribution in [0.25, 0.3) is 6.08 Å². The molecule has 10 heteroatoms. The largest absolute Gasteiger partial charge is 0.497 e. The fourth-order valence-electron chi connectivity index (χ4n) is 4.99. The van der Waals surface area contributed by atoms with Crippen LogP contribution >= 0.6 is 22.9 Å². The van der Waals surface area contributed by atoms with E-state index in [1.54, 1.807) is 55.0 Å². The molecule has 8 nitrogen and oxygen atoms in total. The van der Waals surface area contributed by atoms with Gasteiger partial charge in [-0.05, 0) is 73.0 Å². The molecule has 0 unspecified atom stereocenters. The molecule has 224 valence electrons. The van der Waals surface area contributed by atoms with Gasteiger partial charge in [0.1, 0.15) is 18.1 Å². The Balaban J connectivity index is 1.64. The molecule has 0 saturated carbocycles. The molecule has 0 spiro atoms. The SMILES string of the molecule is CCCC1=C(C(=O)OCC)[C@H](c2cccc(OC)c2)n2c(s/c(=C\c3cc(Cl)ccc3OCc3ccc(C#N)cc3)c2=O)=N1. The van der Waals surface area contributed by atoms with Crippen molar-refractivity contribution in [1.29, 1.82) is 5.26 Å². The topological polar surface area (TPSA) is 103 Å². The number of fused-ring (bicyclic) bond motifs is 1. The number of carbonyl (C=O) groups excluding carboxylic acids is 1. The van der Waals surface area contributed by atoms with Gasteiger partial charge in [-0.1, -0.05) is 60.5 Å². The molecule has 0 amide bonds. The summed E-state index contributed by atoms with van der Waals surface area (Å²) in [5, 5.41) is 9.56. The second-order valence-corrected chi connectivity index (χ2v) is 11.4. The summed E-state index contributed by atoms with van der Waals surface area (Å²) in [5.41, 5.74) is 3.41. The fraction of sp³-hybridized carbons (Fsp3) is 0.235. The Morgan fingerprint density at radius 3 is 2.64 bits per heavy atom. The van der Waals surface area contributed by atoms with Gasteiger partial charge in [-0.3, -0.25) is 9.36 Å². The van der Waals surface area contributed by atoms with Gasteiger partial charge in [-0.2, -0.15) is 5.26 Å². The van der Waals surface area contributed by atoms with Gasteiger partial charge in [0.25, 0.3) is 5.56 Å². The van der Waals surface area contributed by atoms with Gasteiger partial charge in [-0.15, -0.1) is 0 Å². The molecule has 2 heterocycles. The predicted octanol–water partition coefficient (Wildman–Crippen LogP) is 5.69. The fourth-order valence-corrected chi connectivity index (χ4v) is 6.18. The molecule has 1 aliphatic rings. The van der Waals surface area contributed by atoms with Crippen LogP contribution in [0.4, 0.5) is 0 Å². The summed E-state index contributed by atoms with van der Waals surface area (Å²) in [6.45, 7) is 4.21. The first-order valence-corrected chi connectivity index (χ1v) is 15.3. The number of thiazole rings is 1. The first-order valence-electron chi connectivity index (χ1n) is 14.1. The minimum Gasteiger partial charge on any atom is -0.497 e. The number of aromatic nitrogens is 1. The Morgan fingerprint density at radius 2 is 1.93 bits per heavy atom. The van der Waals surface area contributed by atoms with Crippen LogP contribution in [0.5, 0.6) is 11.5 Å². The maximum absolute atomic E-state index is 14.2. The summed E-state index contributed by atoms with van der Waals surface area (Å²) >= 11 is 7.61. The summed E-state index contributed by atoms with van der Waals surface area (Å²) in [6, 6.07) is 21.0. The number of halogens is 1. The molecule has 0 bridgehead atoms. The molecule has 4 aromatic rings. The van der Waals surface area contributed by atoms with Gasteiger partial charge in [0.05, 0.1) is 47.2 Å². The lowest BCUT2D eigenvalue weighted by Crippen LogP contribution is -2.40. The van der Waals surface area contributed by atoms with Crippen LogP contribution < -0.4 is 24.4 Å². The van der Waals surface area contributed by atoms with Crippen LogP contribution in [0.3, 0.4) is 0 Å². The lowest BCUT2D eigenvalue weighted by atomic mass is 9.94. The first-order chi connectivity index (χ1) is 21.4. The number of allylic oxidation sites excluding steroid dienone is 1. The highest BCUT2D eigenvalue weighted by molar-refractivity contribution is 7.07. The normalized spacial score (nSPS) is 14.4. The number of esters is 1. The zero-order valence-electron chi connectivity index (χ0n) is 24.5. The van der Waals surface area contributed by atoms with E-state index in [9.17, 15) is 9.59 Å². The van der Waals surface area contributed by atoms with Crippen LogP contribution in [-0.4, -0.2) is 24.3 Å². The summed E-state index contributed by atoms with van der Waals surface area (Å²) < 4.78 is 19.0. The Morgan fingerprint density at radius 1 is 1.14 bits per heavy atom. The van der Waals surface area contributed by atoms with Crippen molar-refractivity contribution in [3.05, 3.63) is 125 Å². The van der Waals surface area contributed by atoms with Crippen molar-refractivity contribution < 1.29 is 19.0 Å². The van der Waals surface area contributed by atoms with Crippen LogP contribution in [0.1, 0.15) is 55.0 Å². The lowest BCUT2D eigenvalue weighted by molar-refractivity contribution is -0.139. The molecule has 0 saturated heterocycles. The number of hydrogen-bond acceptors (Lipinski definition) is 8. The third-order valence-electron chi connectivity index (χ3n) is 7.04. The Labute approximate surface area is 263 Å². The summed E-state index contributed by atoms with van der Waals surface area (Å²) in [5.74, 6) is 0.632. The summed E-state index contributed by atoms with van der Waals surface area (Å²) in [4.78, 5) is 32.9. The highest BCUT2D eigenvalue weighted by atomic mass is 35.5. The third kappa shape index (κ3) is 6.47. The van der Waals surface area contributed by atoms with Crippen molar-refractivity contribution in [1.82, 2.24) is 4.57 Å².